The summed E-state index contributed by atoms with van der Waals surface area (Å²) in [5, 5.41) is 2.98. The minimum absolute atomic E-state index is 0.173. The molecule has 6 nitrogen and oxygen atoms in total. The minimum Gasteiger partial charge on any atom is -0.485 e. The van der Waals surface area contributed by atoms with Crippen LogP contribution in [0.25, 0.3) is 0 Å². The Morgan fingerprint density at radius 2 is 1.30 bits per heavy atom. The molecule has 0 radical (unpaired) electrons. The van der Waals surface area contributed by atoms with E-state index in [0.717, 1.165) is 16.7 Å². The van der Waals surface area contributed by atoms with E-state index < -0.39 is 17.9 Å². The van der Waals surface area contributed by atoms with Crippen molar-refractivity contribution in [2.24, 2.45) is 5.73 Å². The van der Waals surface area contributed by atoms with Crippen molar-refractivity contribution < 1.29 is 19.1 Å². The van der Waals surface area contributed by atoms with E-state index in [9.17, 15) is 9.59 Å². The highest BCUT2D eigenvalue weighted by Gasteiger charge is 2.21. The van der Waals surface area contributed by atoms with Crippen LogP contribution in [0.4, 0.5) is 0 Å². The molecule has 0 saturated heterocycles. The number of hydrogen-bond donors (Lipinski definition) is 2. The Bertz CT molecular complexity index is 1350. The first-order chi connectivity index (χ1) is 18.0. The molecule has 0 spiro atoms. The molecule has 37 heavy (non-hydrogen) atoms. The minimum atomic E-state index is -0.943. The quantitative estimate of drug-likeness (QED) is 0.283. The highest BCUT2D eigenvalue weighted by Crippen LogP contribution is 2.31. The Balaban J connectivity index is 1.52. The number of carbonyl (C=O) groups is 2. The fraction of sp³-hybridized carbons (Fsp3) is 0.133. The van der Waals surface area contributed by atoms with Gasteiger partial charge in [0.05, 0.1) is 10.6 Å². The maximum atomic E-state index is 12.7. The van der Waals surface area contributed by atoms with Gasteiger partial charge in [0.1, 0.15) is 19.3 Å². The predicted octanol–water partition coefficient (Wildman–Crippen LogP) is 5.32. The lowest BCUT2D eigenvalue weighted by Crippen LogP contribution is -2.45. The predicted molar refractivity (Wildman–Crippen MR) is 144 cm³/mol. The number of nitrogens with one attached hydrogen (secondary N) is 1. The topological polar surface area (TPSA) is 90.7 Å². The number of benzene rings is 4. The molecule has 188 valence electrons. The third-order valence-electron chi connectivity index (χ3n) is 5.69. The largest absolute Gasteiger partial charge is 0.485 e. The van der Waals surface area contributed by atoms with Gasteiger partial charge in [-0.2, -0.15) is 0 Å². The van der Waals surface area contributed by atoms with Crippen LogP contribution >= 0.6 is 11.6 Å². The molecule has 3 N–H and O–H groups in total. The zero-order chi connectivity index (χ0) is 26.0. The summed E-state index contributed by atoms with van der Waals surface area (Å²) in [6.45, 7) is 0.716. The first-order valence-corrected chi connectivity index (χ1v) is 12.2. The molecule has 1 atom stereocenters. The van der Waals surface area contributed by atoms with Crippen molar-refractivity contribution >= 4 is 23.4 Å². The smallest absolute Gasteiger partial charge is 0.253 e. The van der Waals surface area contributed by atoms with Gasteiger partial charge < -0.3 is 20.5 Å². The molecule has 7 heteroatoms. The molecule has 0 heterocycles. The highest BCUT2D eigenvalue weighted by atomic mass is 35.5. The van der Waals surface area contributed by atoms with Crippen LogP contribution in [0.5, 0.6) is 11.5 Å². The SMILES string of the molecule is NC(=O)[C@@H](Cc1ccc(OCc2ccccc2)c(OCc2ccccc2)c1)NC(=O)c1ccccc1Cl. The molecule has 4 aromatic rings. The molecular weight excluding hydrogens is 488 g/mol. The van der Waals surface area contributed by atoms with E-state index in [1.165, 1.54) is 0 Å². The number of ether oxygens (including phenoxy) is 2. The Kier molecular flexibility index (Phi) is 8.79. The van der Waals surface area contributed by atoms with E-state index in [2.05, 4.69) is 5.32 Å². The van der Waals surface area contributed by atoms with Gasteiger partial charge in [0.2, 0.25) is 5.91 Å². The third kappa shape index (κ3) is 7.35. The Morgan fingerprint density at radius 3 is 1.89 bits per heavy atom. The van der Waals surface area contributed by atoms with Crippen LogP contribution in [-0.4, -0.2) is 17.9 Å². The fourth-order valence-electron chi connectivity index (χ4n) is 3.72. The van der Waals surface area contributed by atoms with Crippen molar-refractivity contribution in [3.8, 4) is 11.5 Å². The van der Waals surface area contributed by atoms with Crippen molar-refractivity contribution in [3.05, 3.63) is 130 Å². The molecule has 0 aliphatic heterocycles. The molecular formula is C30H27ClN2O4. The Hall–Kier alpha value is -4.29. The monoisotopic (exact) mass is 514 g/mol. The first kappa shape index (κ1) is 25.8. The van der Waals surface area contributed by atoms with E-state index in [1.807, 2.05) is 66.7 Å². The summed E-state index contributed by atoms with van der Waals surface area (Å²) in [6, 6.07) is 30.7. The van der Waals surface area contributed by atoms with Crippen LogP contribution in [0, 0.1) is 0 Å². The number of hydrogen-bond acceptors (Lipinski definition) is 4. The number of carbonyl (C=O) groups excluding carboxylic acids is 2. The van der Waals surface area contributed by atoms with Gasteiger partial charge in [0, 0.05) is 6.42 Å². The average molecular weight is 515 g/mol. The van der Waals surface area contributed by atoms with Gasteiger partial charge >= 0.3 is 0 Å². The van der Waals surface area contributed by atoms with Crippen LogP contribution in [-0.2, 0) is 24.4 Å². The van der Waals surface area contributed by atoms with Crippen LogP contribution < -0.4 is 20.5 Å². The summed E-state index contributed by atoms with van der Waals surface area (Å²) in [6.07, 6.45) is 0.173. The Labute approximate surface area is 221 Å². The number of amides is 2. The maximum Gasteiger partial charge on any atom is 0.253 e. The third-order valence-corrected chi connectivity index (χ3v) is 6.02. The molecule has 0 unspecified atom stereocenters. The molecule has 0 aliphatic carbocycles. The second-order valence-electron chi connectivity index (χ2n) is 8.44. The number of rotatable bonds is 11. The van der Waals surface area contributed by atoms with Gasteiger partial charge in [-0.25, -0.2) is 0 Å². The second-order valence-corrected chi connectivity index (χ2v) is 8.85. The molecule has 4 aromatic carbocycles. The number of primary amides is 1. The first-order valence-electron chi connectivity index (χ1n) is 11.8. The van der Waals surface area contributed by atoms with E-state index >= 15 is 0 Å². The summed E-state index contributed by atoms with van der Waals surface area (Å²) in [4.78, 5) is 24.9. The van der Waals surface area contributed by atoms with E-state index in [4.69, 9.17) is 26.8 Å². The van der Waals surface area contributed by atoms with Gasteiger partial charge in [-0.05, 0) is 41.0 Å². The lowest BCUT2D eigenvalue weighted by Gasteiger charge is -2.18. The lowest BCUT2D eigenvalue weighted by atomic mass is 10.0. The van der Waals surface area contributed by atoms with Crippen LogP contribution in [0.15, 0.2) is 103 Å². The summed E-state index contributed by atoms with van der Waals surface area (Å²) in [5.41, 5.74) is 8.67. The fourth-order valence-corrected chi connectivity index (χ4v) is 3.94. The van der Waals surface area contributed by atoms with Gasteiger partial charge in [0.15, 0.2) is 11.5 Å². The Morgan fingerprint density at radius 1 is 0.730 bits per heavy atom. The van der Waals surface area contributed by atoms with Crippen molar-refractivity contribution in [3.63, 3.8) is 0 Å². The number of nitrogens with two attached hydrogens (primary N) is 1. The van der Waals surface area contributed by atoms with Gasteiger partial charge in [-0.15, -0.1) is 0 Å². The average Bonchev–Trinajstić information content (AvgIpc) is 2.92. The van der Waals surface area contributed by atoms with E-state index in [0.29, 0.717) is 29.7 Å². The zero-order valence-corrected chi connectivity index (χ0v) is 20.9. The zero-order valence-electron chi connectivity index (χ0n) is 20.1. The summed E-state index contributed by atoms with van der Waals surface area (Å²) < 4.78 is 12.2. The summed E-state index contributed by atoms with van der Waals surface area (Å²) in [5.74, 6) is -0.0356. The van der Waals surface area contributed by atoms with Gasteiger partial charge in [-0.1, -0.05) is 90.5 Å². The van der Waals surface area contributed by atoms with Crippen molar-refractivity contribution in [1.29, 1.82) is 0 Å². The normalized spacial score (nSPS) is 11.4. The van der Waals surface area contributed by atoms with Gasteiger partial charge in [0.25, 0.3) is 5.91 Å². The molecule has 2 amide bonds. The maximum absolute atomic E-state index is 12.7. The summed E-state index contributed by atoms with van der Waals surface area (Å²) in [7, 11) is 0. The van der Waals surface area contributed by atoms with Crippen LogP contribution in [0.1, 0.15) is 27.0 Å². The van der Waals surface area contributed by atoms with Crippen LogP contribution in [0.3, 0.4) is 0 Å². The van der Waals surface area contributed by atoms with E-state index in [-0.39, 0.29) is 12.0 Å². The van der Waals surface area contributed by atoms with Crippen molar-refractivity contribution in [1.82, 2.24) is 5.32 Å². The molecule has 0 fully saturated rings. The standard InChI is InChI=1S/C30H27ClN2O4/c31-25-14-8-7-13-24(25)30(35)33-26(29(32)34)17-23-15-16-27(36-19-21-9-3-1-4-10-21)28(18-23)37-20-22-11-5-2-6-12-22/h1-16,18,26H,17,19-20H2,(H2,32,34)(H,33,35)/t26-/m1/s1. The molecule has 0 aromatic heterocycles. The molecule has 0 saturated carbocycles. The highest BCUT2D eigenvalue weighted by molar-refractivity contribution is 6.33. The molecule has 0 bridgehead atoms. The second kappa shape index (κ2) is 12.6. The van der Waals surface area contributed by atoms with Gasteiger partial charge in [-0.3, -0.25) is 9.59 Å². The van der Waals surface area contributed by atoms with Crippen molar-refractivity contribution in [2.45, 2.75) is 25.7 Å². The number of halogens is 1. The molecule has 4 rings (SSSR count). The molecule has 0 aliphatic rings. The summed E-state index contributed by atoms with van der Waals surface area (Å²) >= 11 is 6.13. The van der Waals surface area contributed by atoms with Crippen LogP contribution in [0.2, 0.25) is 5.02 Å². The lowest BCUT2D eigenvalue weighted by molar-refractivity contribution is -0.119. The van der Waals surface area contributed by atoms with E-state index in [1.54, 1.807) is 36.4 Å². The van der Waals surface area contributed by atoms with Crippen molar-refractivity contribution in [2.75, 3.05) is 0 Å².